The lowest BCUT2D eigenvalue weighted by atomic mass is 9.83. The molecule has 6 nitrogen and oxygen atoms in total. The second-order valence-electron chi connectivity index (χ2n) is 8.54. The van der Waals surface area contributed by atoms with Crippen LogP contribution in [0.2, 0.25) is 0 Å². The highest BCUT2D eigenvalue weighted by atomic mass is 16.2. The summed E-state index contributed by atoms with van der Waals surface area (Å²) in [6.07, 6.45) is 6.33. The summed E-state index contributed by atoms with van der Waals surface area (Å²) in [5.74, 6) is 0.499. The fraction of sp³-hybridized carbons (Fsp3) is 0.440. The molecule has 0 spiro atoms. The van der Waals surface area contributed by atoms with Crippen molar-refractivity contribution in [2.24, 2.45) is 5.92 Å². The lowest BCUT2D eigenvalue weighted by Gasteiger charge is -2.34. The fourth-order valence-corrected chi connectivity index (χ4v) is 4.35. The van der Waals surface area contributed by atoms with Gasteiger partial charge in [-0.2, -0.15) is 0 Å². The summed E-state index contributed by atoms with van der Waals surface area (Å²) in [5.41, 5.74) is 1.95. The van der Waals surface area contributed by atoms with Crippen LogP contribution in [0.4, 0.5) is 16.2 Å². The number of anilines is 2. The Morgan fingerprint density at radius 3 is 2.35 bits per heavy atom. The van der Waals surface area contributed by atoms with Crippen LogP contribution in [0.5, 0.6) is 0 Å². The third-order valence-electron chi connectivity index (χ3n) is 6.14. The average Bonchev–Trinajstić information content (AvgIpc) is 2.79. The van der Waals surface area contributed by atoms with Crippen molar-refractivity contribution in [1.82, 2.24) is 10.2 Å². The van der Waals surface area contributed by atoms with Gasteiger partial charge in [-0.1, -0.05) is 43.5 Å². The van der Waals surface area contributed by atoms with E-state index in [1.54, 1.807) is 36.2 Å². The largest absolute Gasteiger partial charge is 0.336 e. The molecule has 0 saturated heterocycles. The van der Waals surface area contributed by atoms with Crippen molar-refractivity contribution in [3.8, 4) is 0 Å². The Morgan fingerprint density at radius 2 is 1.68 bits per heavy atom. The van der Waals surface area contributed by atoms with Crippen molar-refractivity contribution in [1.29, 1.82) is 0 Å². The average molecular weight is 423 g/mol. The maximum Gasteiger partial charge on any atom is 0.319 e. The molecule has 1 aliphatic carbocycles. The molecule has 0 aromatic heterocycles. The van der Waals surface area contributed by atoms with E-state index in [0.29, 0.717) is 29.8 Å². The zero-order valence-corrected chi connectivity index (χ0v) is 18.8. The predicted molar refractivity (Wildman–Crippen MR) is 127 cm³/mol. The number of hydrogen-bond acceptors (Lipinski definition) is 3. The van der Waals surface area contributed by atoms with Crippen LogP contribution in [0.15, 0.2) is 54.6 Å². The van der Waals surface area contributed by atoms with E-state index in [9.17, 15) is 9.59 Å². The molecule has 31 heavy (non-hydrogen) atoms. The number of likely N-dealkylation sites (N-methyl/N-ethyl adjacent to an activating group) is 1. The van der Waals surface area contributed by atoms with E-state index in [2.05, 4.69) is 29.6 Å². The smallest absolute Gasteiger partial charge is 0.319 e. The van der Waals surface area contributed by atoms with E-state index in [1.807, 2.05) is 30.3 Å². The zero-order chi connectivity index (χ0) is 22.2. The van der Waals surface area contributed by atoms with Crippen molar-refractivity contribution >= 4 is 23.3 Å². The zero-order valence-electron chi connectivity index (χ0n) is 18.8. The monoisotopic (exact) mass is 422 g/mol. The Morgan fingerprint density at radius 1 is 0.968 bits per heavy atom. The van der Waals surface area contributed by atoms with Gasteiger partial charge in [0.25, 0.3) is 5.91 Å². The van der Waals surface area contributed by atoms with Crippen LogP contribution in [-0.2, 0) is 0 Å². The quantitative estimate of drug-likeness (QED) is 0.686. The Kier molecular flexibility index (Phi) is 8.06. The number of para-hydroxylation sites is 1. The molecule has 0 radical (unpaired) electrons. The van der Waals surface area contributed by atoms with E-state index in [1.165, 1.54) is 32.1 Å². The van der Waals surface area contributed by atoms with Crippen molar-refractivity contribution in [3.05, 3.63) is 60.2 Å². The topological polar surface area (TPSA) is 64.7 Å². The normalized spacial score (nSPS) is 15.4. The molecule has 2 N–H and O–H groups in total. The second-order valence-corrected chi connectivity index (χ2v) is 8.54. The lowest BCUT2D eigenvalue weighted by molar-refractivity contribution is 0.0993. The number of amides is 3. The van der Waals surface area contributed by atoms with E-state index < -0.39 is 0 Å². The van der Waals surface area contributed by atoms with Gasteiger partial charge in [0, 0.05) is 36.6 Å². The first-order chi connectivity index (χ1) is 15.0. The van der Waals surface area contributed by atoms with Gasteiger partial charge in [0.15, 0.2) is 0 Å². The SMILES string of the molecule is CN(C(=O)c1cccc(NC(=O)NC[C@H](C2CCCCC2)N(C)C)c1)c1ccccc1. The van der Waals surface area contributed by atoms with Crippen LogP contribution in [0.1, 0.15) is 42.5 Å². The van der Waals surface area contributed by atoms with Gasteiger partial charge in [-0.05, 0) is 63.2 Å². The summed E-state index contributed by atoms with van der Waals surface area (Å²) in [5, 5.41) is 5.89. The molecule has 0 bridgehead atoms. The van der Waals surface area contributed by atoms with Gasteiger partial charge in [-0.15, -0.1) is 0 Å². The predicted octanol–water partition coefficient (Wildman–Crippen LogP) is 4.60. The number of nitrogens with one attached hydrogen (secondary N) is 2. The molecule has 1 fully saturated rings. The highest BCUT2D eigenvalue weighted by molar-refractivity contribution is 6.06. The number of benzene rings is 2. The maximum absolute atomic E-state index is 12.8. The minimum absolute atomic E-state index is 0.125. The summed E-state index contributed by atoms with van der Waals surface area (Å²) >= 11 is 0. The highest BCUT2D eigenvalue weighted by Crippen LogP contribution is 2.28. The minimum Gasteiger partial charge on any atom is -0.336 e. The molecule has 0 aliphatic heterocycles. The molecular formula is C25H34N4O2. The standard InChI is InChI=1S/C25H34N4O2/c1-28(2)23(19-11-6-4-7-12-19)18-26-25(31)27-21-14-10-13-20(17-21)24(30)29(3)22-15-8-5-9-16-22/h5,8-10,13-17,19,23H,4,6-7,11-12,18H2,1-3H3,(H2,26,27,31)/t23-/m1/s1. The molecule has 166 valence electrons. The Hall–Kier alpha value is -2.86. The molecule has 0 unspecified atom stereocenters. The second kappa shape index (κ2) is 11.0. The summed E-state index contributed by atoms with van der Waals surface area (Å²) in [7, 11) is 5.91. The molecular weight excluding hydrogens is 388 g/mol. The van der Waals surface area contributed by atoms with Crippen molar-refractivity contribution in [3.63, 3.8) is 0 Å². The van der Waals surface area contributed by atoms with Crippen molar-refractivity contribution < 1.29 is 9.59 Å². The van der Waals surface area contributed by atoms with Crippen LogP contribution in [0.3, 0.4) is 0 Å². The lowest BCUT2D eigenvalue weighted by Crippen LogP contribution is -2.46. The molecule has 0 heterocycles. The van der Waals surface area contributed by atoms with Gasteiger partial charge in [0.2, 0.25) is 0 Å². The third kappa shape index (κ3) is 6.31. The fourth-order valence-electron chi connectivity index (χ4n) is 4.35. The Bertz CT molecular complexity index is 863. The van der Waals surface area contributed by atoms with E-state index in [-0.39, 0.29) is 11.9 Å². The number of hydrogen-bond donors (Lipinski definition) is 2. The summed E-state index contributed by atoms with van der Waals surface area (Å²) in [4.78, 5) is 29.2. The summed E-state index contributed by atoms with van der Waals surface area (Å²) < 4.78 is 0. The number of urea groups is 1. The van der Waals surface area contributed by atoms with Crippen molar-refractivity contribution in [2.75, 3.05) is 37.9 Å². The highest BCUT2D eigenvalue weighted by Gasteiger charge is 2.25. The first kappa shape index (κ1) is 22.8. The summed E-state index contributed by atoms with van der Waals surface area (Å²) in [6, 6.07) is 16.6. The number of carbonyl (C=O) groups excluding carboxylic acids is 2. The Labute approximate surface area is 185 Å². The molecule has 2 aromatic rings. The maximum atomic E-state index is 12.8. The van der Waals surface area contributed by atoms with Crippen LogP contribution < -0.4 is 15.5 Å². The van der Waals surface area contributed by atoms with E-state index in [0.717, 1.165) is 5.69 Å². The summed E-state index contributed by atoms with van der Waals surface area (Å²) in [6.45, 7) is 0.610. The third-order valence-corrected chi connectivity index (χ3v) is 6.14. The Balaban J connectivity index is 1.58. The minimum atomic E-state index is -0.247. The molecule has 1 aliphatic rings. The first-order valence-corrected chi connectivity index (χ1v) is 11.1. The molecule has 1 saturated carbocycles. The van der Waals surface area contributed by atoms with Crippen LogP contribution >= 0.6 is 0 Å². The van der Waals surface area contributed by atoms with Crippen LogP contribution in [0.25, 0.3) is 0 Å². The number of rotatable bonds is 7. The molecule has 1 atom stereocenters. The van der Waals surface area contributed by atoms with Gasteiger partial charge < -0.3 is 20.4 Å². The van der Waals surface area contributed by atoms with Gasteiger partial charge in [0.05, 0.1) is 0 Å². The van der Waals surface area contributed by atoms with E-state index >= 15 is 0 Å². The van der Waals surface area contributed by atoms with Gasteiger partial charge >= 0.3 is 6.03 Å². The molecule has 6 heteroatoms. The van der Waals surface area contributed by atoms with E-state index in [4.69, 9.17) is 0 Å². The van der Waals surface area contributed by atoms with Crippen LogP contribution in [-0.4, -0.2) is 50.6 Å². The molecule has 3 rings (SSSR count). The molecule has 3 amide bonds. The number of nitrogens with zero attached hydrogens (tertiary/aromatic N) is 2. The van der Waals surface area contributed by atoms with Crippen molar-refractivity contribution in [2.45, 2.75) is 38.1 Å². The van der Waals surface area contributed by atoms with Gasteiger partial charge in [-0.3, -0.25) is 4.79 Å². The number of carbonyl (C=O) groups is 2. The first-order valence-electron chi connectivity index (χ1n) is 11.1. The molecule has 2 aromatic carbocycles. The van der Waals surface area contributed by atoms with Crippen LogP contribution in [0, 0.1) is 5.92 Å². The van der Waals surface area contributed by atoms with Gasteiger partial charge in [0.1, 0.15) is 0 Å². The van der Waals surface area contributed by atoms with Gasteiger partial charge in [-0.25, -0.2) is 4.79 Å².